The van der Waals surface area contributed by atoms with Gasteiger partial charge in [-0.05, 0) is 30.0 Å². The van der Waals surface area contributed by atoms with E-state index in [1.165, 1.54) is 0 Å². The number of unbranched alkanes of at least 4 members (excludes halogenated alkanes) is 2. The van der Waals surface area contributed by atoms with Gasteiger partial charge in [0.05, 0.1) is 5.75 Å². The van der Waals surface area contributed by atoms with Gasteiger partial charge in [0.1, 0.15) is 0 Å². The van der Waals surface area contributed by atoms with E-state index in [4.69, 9.17) is 4.18 Å². The number of thiophene rings is 1. The van der Waals surface area contributed by atoms with Crippen LogP contribution < -0.4 is 4.18 Å². The fourth-order valence-corrected chi connectivity index (χ4v) is 3.61. The number of hydrogen-bond donors (Lipinski definition) is 0. The molecule has 0 spiro atoms. The van der Waals surface area contributed by atoms with E-state index in [0.29, 0.717) is 12.2 Å². The van der Waals surface area contributed by atoms with Crippen molar-refractivity contribution in [3.63, 3.8) is 0 Å². The Kier molecular flexibility index (Phi) is 4.24. The molecule has 0 aliphatic rings. The van der Waals surface area contributed by atoms with Gasteiger partial charge in [-0.25, -0.2) is 0 Å². The maximum absolute atomic E-state index is 11.8. The second kappa shape index (κ2) is 5.71. The Morgan fingerprint density at radius 3 is 2.83 bits per heavy atom. The van der Waals surface area contributed by atoms with Crippen LogP contribution in [-0.2, 0) is 10.1 Å². The number of fused-ring (bicyclic) bond motifs is 1. The van der Waals surface area contributed by atoms with E-state index in [2.05, 4.69) is 0 Å². The van der Waals surface area contributed by atoms with Crippen LogP contribution in [0.1, 0.15) is 26.2 Å². The van der Waals surface area contributed by atoms with E-state index < -0.39 is 10.1 Å². The molecule has 0 N–H and O–H groups in total. The molecule has 0 aliphatic carbocycles. The van der Waals surface area contributed by atoms with Gasteiger partial charge in [0, 0.05) is 10.1 Å². The van der Waals surface area contributed by atoms with Crippen LogP contribution in [-0.4, -0.2) is 14.2 Å². The summed E-state index contributed by atoms with van der Waals surface area (Å²) in [6, 6.07) is 7.36. The van der Waals surface area contributed by atoms with Crippen LogP contribution in [0.3, 0.4) is 0 Å². The SMILES string of the molecule is CCCCCS(=O)(=O)Oc1cccc2sccc12. The van der Waals surface area contributed by atoms with Crippen molar-refractivity contribution >= 4 is 31.5 Å². The molecule has 0 amide bonds. The molecule has 0 radical (unpaired) electrons. The van der Waals surface area contributed by atoms with Crippen molar-refractivity contribution in [3.05, 3.63) is 29.6 Å². The van der Waals surface area contributed by atoms with Gasteiger partial charge in [-0.2, -0.15) is 8.42 Å². The van der Waals surface area contributed by atoms with E-state index in [1.54, 1.807) is 17.4 Å². The van der Waals surface area contributed by atoms with Gasteiger partial charge in [-0.1, -0.05) is 25.8 Å². The summed E-state index contributed by atoms with van der Waals surface area (Å²) in [6.07, 6.45) is 2.55. The summed E-state index contributed by atoms with van der Waals surface area (Å²) in [4.78, 5) is 0. The molecule has 2 aromatic rings. The van der Waals surface area contributed by atoms with Gasteiger partial charge >= 0.3 is 10.1 Å². The molecule has 0 atom stereocenters. The number of rotatable bonds is 6. The Morgan fingerprint density at radius 2 is 2.06 bits per heavy atom. The third-order valence-electron chi connectivity index (χ3n) is 2.67. The highest BCUT2D eigenvalue weighted by atomic mass is 32.2. The van der Waals surface area contributed by atoms with E-state index in [-0.39, 0.29) is 5.75 Å². The molecule has 0 aliphatic heterocycles. The van der Waals surface area contributed by atoms with Crippen molar-refractivity contribution in [2.24, 2.45) is 0 Å². The molecule has 1 aromatic heterocycles. The molecule has 0 saturated carbocycles. The first-order valence-corrected chi connectivity index (χ1v) is 8.46. The second-order valence-electron chi connectivity index (χ2n) is 4.14. The van der Waals surface area contributed by atoms with Crippen LogP contribution >= 0.6 is 11.3 Å². The highest BCUT2D eigenvalue weighted by molar-refractivity contribution is 7.87. The molecule has 0 saturated heterocycles. The molecule has 18 heavy (non-hydrogen) atoms. The maximum Gasteiger partial charge on any atom is 0.309 e. The highest BCUT2D eigenvalue weighted by Crippen LogP contribution is 2.30. The minimum absolute atomic E-state index is 0.0847. The standard InChI is InChI=1S/C13H16O3S2/c1-2-3-4-10-18(14,15)16-12-6-5-7-13-11(12)8-9-17-13/h5-9H,2-4,10H2,1H3. The largest absolute Gasteiger partial charge is 0.382 e. The third kappa shape index (κ3) is 3.23. The van der Waals surface area contributed by atoms with Crippen LogP contribution in [0.15, 0.2) is 29.6 Å². The van der Waals surface area contributed by atoms with E-state index in [1.807, 2.05) is 30.5 Å². The van der Waals surface area contributed by atoms with Gasteiger partial charge in [-0.3, -0.25) is 0 Å². The summed E-state index contributed by atoms with van der Waals surface area (Å²) in [5, 5.41) is 2.79. The highest BCUT2D eigenvalue weighted by Gasteiger charge is 2.14. The van der Waals surface area contributed by atoms with E-state index in [0.717, 1.165) is 22.9 Å². The predicted octanol–water partition coefficient (Wildman–Crippen LogP) is 3.80. The van der Waals surface area contributed by atoms with Gasteiger partial charge in [-0.15, -0.1) is 11.3 Å². The molecule has 0 unspecified atom stereocenters. The van der Waals surface area contributed by atoms with Crippen LogP contribution in [0.5, 0.6) is 5.75 Å². The number of benzene rings is 1. The average Bonchev–Trinajstić information content (AvgIpc) is 2.78. The van der Waals surface area contributed by atoms with Crippen molar-refractivity contribution in [1.29, 1.82) is 0 Å². The molecule has 5 heteroatoms. The van der Waals surface area contributed by atoms with Crippen LogP contribution in [0.25, 0.3) is 10.1 Å². The maximum atomic E-state index is 11.8. The smallest absolute Gasteiger partial charge is 0.309 e. The zero-order valence-electron chi connectivity index (χ0n) is 10.3. The Labute approximate surface area is 112 Å². The lowest BCUT2D eigenvalue weighted by Gasteiger charge is -2.07. The molecule has 1 aromatic carbocycles. The zero-order valence-corrected chi connectivity index (χ0v) is 11.9. The van der Waals surface area contributed by atoms with Crippen molar-refractivity contribution in [1.82, 2.24) is 0 Å². The molecule has 0 fully saturated rings. The minimum Gasteiger partial charge on any atom is -0.382 e. The van der Waals surface area contributed by atoms with E-state index in [9.17, 15) is 8.42 Å². The van der Waals surface area contributed by atoms with Crippen LogP contribution in [0.2, 0.25) is 0 Å². The Morgan fingerprint density at radius 1 is 1.22 bits per heavy atom. The monoisotopic (exact) mass is 284 g/mol. The quantitative estimate of drug-likeness (QED) is 0.598. The van der Waals surface area contributed by atoms with E-state index >= 15 is 0 Å². The molecule has 2 rings (SSSR count). The first-order valence-electron chi connectivity index (χ1n) is 6.01. The minimum atomic E-state index is -3.47. The third-order valence-corrected chi connectivity index (χ3v) is 4.77. The lowest BCUT2D eigenvalue weighted by molar-refractivity contribution is 0.485. The second-order valence-corrected chi connectivity index (χ2v) is 6.78. The molecule has 1 heterocycles. The van der Waals surface area contributed by atoms with Crippen molar-refractivity contribution < 1.29 is 12.6 Å². The van der Waals surface area contributed by atoms with Crippen LogP contribution in [0.4, 0.5) is 0 Å². The fraction of sp³-hybridized carbons (Fsp3) is 0.385. The van der Waals surface area contributed by atoms with Crippen molar-refractivity contribution in [2.75, 3.05) is 5.75 Å². The average molecular weight is 284 g/mol. The lowest BCUT2D eigenvalue weighted by Crippen LogP contribution is -2.13. The molecular weight excluding hydrogens is 268 g/mol. The fourth-order valence-electron chi connectivity index (χ4n) is 1.75. The van der Waals surface area contributed by atoms with Gasteiger partial charge < -0.3 is 4.18 Å². The summed E-state index contributed by atoms with van der Waals surface area (Å²) in [5.41, 5.74) is 0. The molecular formula is C13H16O3S2. The van der Waals surface area contributed by atoms with Crippen LogP contribution in [0, 0.1) is 0 Å². The summed E-state index contributed by atoms with van der Waals surface area (Å²) in [5.74, 6) is 0.520. The summed E-state index contributed by atoms with van der Waals surface area (Å²) < 4.78 is 29.9. The normalized spacial score (nSPS) is 11.8. The van der Waals surface area contributed by atoms with Gasteiger partial charge in [0.25, 0.3) is 0 Å². The van der Waals surface area contributed by atoms with Crippen molar-refractivity contribution in [2.45, 2.75) is 26.2 Å². The first-order chi connectivity index (χ1) is 8.62. The van der Waals surface area contributed by atoms with Gasteiger partial charge in [0.2, 0.25) is 0 Å². The first kappa shape index (κ1) is 13.4. The molecule has 3 nitrogen and oxygen atoms in total. The molecule has 0 bridgehead atoms. The number of hydrogen-bond acceptors (Lipinski definition) is 4. The van der Waals surface area contributed by atoms with Crippen molar-refractivity contribution in [3.8, 4) is 5.75 Å². The summed E-state index contributed by atoms with van der Waals surface area (Å²) in [7, 11) is -3.47. The predicted molar refractivity (Wildman–Crippen MR) is 75.8 cm³/mol. The van der Waals surface area contributed by atoms with Gasteiger partial charge in [0.15, 0.2) is 5.75 Å². The lowest BCUT2D eigenvalue weighted by atomic mass is 10.2. The molecule has 98 valence electrons. The Balaban J connectivity index is 2.15. The summed E-state index contributed by atoms with van der Waals surface area (Å²) >= 11 is 1.57. The topological polar surface area (TPSA) is 43.4 Å². The summed E-state index contributed by atoms with van der Waals surface area (Å²) in [6.45, 7) is 2.04. The Hall–Kier alpha value is -1.07. The Bertz CT molecular complexity index is 614. The zero-order chi connectivity index (χ0) is 13.0.